The zero-order chi connectivity index (χ0) is 15.8. The van der Waals surface area contributed by atoms with Gasteiger partial charge in [0.05, 0.1) is 5.69 Å². The number of hydrogen-bond acceptors (Lipinski definition) is 2. The van der Waals surface area contributed by atoms with E-state index in [0.29, 0.717) is 6.04 Å². The molecule has 1 atom stereocenters. The number of aromatic nitrogens is 2. The molecular formula is C19H20FN3. The number of H-pyrrole nitrogens is 1. The van der Waals surface area contributed by atoms with Crippen LogP contribution in [0.15, 0.2) is 42.7 Å². The van der Waals surface area contributed by atoms with Crippen LogP contribution in [0.2, 0.25) is 0 Å². The van der Waals surface area contributed by atoms with E-state index in [2.05, 4.69) is 28.0 Å². The van der Waals surface area contributed by atoms with Gasteiger partial charge >= 0.3 is 0 Å². The number of fused-ring (bicyclic) bond motifs is 1. The Labute approximate surface area is 135 Å². The number of likely N-dealkylation sites (N-methyl/N-ethyl adjacent to an activating group) is 1. The molecule has 23 heavy (non-hydrogen) atoms. The molecule has 4 rings (SSSR count). The van der Waals surface area contributed by atoms with Crippen LogP contribution in [0.25, 0.3) is 22.2 Å². The average Bonchev–Trinajstić information content (AvgIpc) is 3.13. The van der Waals surface area contributed by atoms with E-state index in [4.69, 9.17) is 0 Å². The molecule has 1 fully saturated rings. The van der Waals surface area contributed by atoms with E-state index in [1.54, 1.807) is 12.3 Å². The van der Waals surface area contributed by atoms with Gasteiger partial charge in [-0.1, -0.05) is 0 Å². The van der Waals surface area contributed by atoms with Crippen LogP contribution in [0, 0.1) is 5.82 Å². The highest BCUT2D eigenvalue weighted by Crippen LogP contribution is 2.33. The van der Waals surface area contributed by atoms with Gasteiger partial charge in [-0.3, -0.25) is 4.98 Å². The molecule has 1 aromatic carbocycles. The largest absolute Gasteiger partial charge is 0.354 e. The van der Waals surface area contributed by atoms with Gasteiger partial charge in [-0.05, 0) is 68.8 Å². The topological polar surface area (TPSA) is 31.9 Å². The quantitative estimate of drug-likeness (QED) is 0.793. The van der Waals surface area contributed by atoms with Gasteiger partial charge in [0, 0.05) is 34.9 Å². The van der Waals surface area contributed by atoms with Crippen molar-refractivity contribution in [3.63, 3.8) is 0 Å². The van der Waals surface area contributed by atoms with Crippen LogP contribution >= 0.6 is 0 Å². The van der Waals surface area contributed by atoms with Gasteiger partial charge in [0.1, 0.15) is 5.82 Å². The summed E-state index contributed by atoms with van der Waals surface area (Å²) in [5, 5.41) is 0.990. The van der Waals surface area contributed by atoms with Crippen molar-refractivity contribution >= 4 is 10.9 Å². The SMILES string of the molecule is CN1CCCC1Cc1c(-c2cccnc2)[nH]c2ccc(F)cc12. The molecule has 0 spiro atoms. The molecule has 2 aromatic heterocycles. The normalized spacial score (nSPS) is 18.8. The number of likely N-dealkylation sites (tertiary alicyclic amines) is 1. The van der Waals surface area contributed by atoms with Crippen LogP contribution in [-0.4, -0.2) is 34.5 Å². The van der Waals surface area contributed by atoms with Crippen LogP contribution in [0.1, 0.15) is 18.4 Å². The van der Waals surface area contributed by atoms with Crippen LogP contribution in [0.3, 0.4) is 0 Å². The maximum Gasteiger partial charge on any atom is 0.123 e. The number of hydrogen-bond donors (Lipinski definition) is 1. The van der Waals surface area contributed by atoms with Crippen molar-refractivity contribution in [3.8, 4) is 11.3 Å². The van der Waals surface area contributed by atoms with E-state index in [-0.39, 0.29) is 5.82 Å². The van der Waals surface area contributed by atoms with Crippen molar-refractivity contribution < 1.29 is 4.39 Å². The first-order valence-corrected chi connectivity index (χ1v) is 8.13. The molecule has 1 N–H and O–H groups in total. The maximum atomic E-state index is 13.8. The van der Waals surface area contributed by atoms with E-state index in [9.17, 15) is 4.39 Å². The third-order valence-electron chi connectivity index (χ3n) is 4.93. The predicted molar refractivity (Wildman–Crippen MR) is 90.8 cm³/mol. The van der Waals surface area contributed by atoms with Gasteiger partial charge in [-0.2, -0.15) is 0 Å². The Morgan fingerprint density at radius 1 is 1.35 bits per heavy atom. The van der Waals surface area contributed by atoms with Crippen molar-refractivity contribution in [2.24, 2.45) is 0 Å². The Kier molecular flexibility index (Phi) is 3.62. The molecule has 0 saturated carbocycles. The smallest absolute Gasteiger partial charge is 0.123 e. The fourth-order valence-electron chi connectivity index (χ4n) is 3.66. The Bertz CT molecular complexity index is 825. The van der Waals surface area contributed by atoms with E-state index in [1.807, 2.05) is 18.3 Å². The molecule has 4 heteroatoms. The number of pyridine rings is 1. The first-order valence-electron chi connectivity index (χ1n) is 8.13. The Morgan fingerprint density at radius 3 is 3.00 bits per heavy atom. The summed E-state index contributed by atoms with van der Waals surface area (Å²) >= 11 is 0. The highest BCUT2D eigenvalue weighted by molar-refractivity contribution is 5.90. The third-order valence-corrected chi connectivity index (χ3v) is 4.93. The molecule has 3 nitrogen and oxygen atoms in total. The number of nitrogens with zero attached hydrogens (tertiary/aromatic N) is 2. The summed E-state index contributed by atoms with van der Waals surface area (Å²) in [6.07, 6.45) is 7.01. The molecule has 118 valence electrons. The van der Waals surface area contributed by atoms with Gasteiger partial charge in [-0.25, -0.2) is 4.39 Å². The fraction of sp³-hybridized carbons (Fsp3) is 0.316. The van der Waals surface area contributed by atoms with Crippen molar-refractivity contribution in [1.82, 2.24) is 14.9 Å². The molecule has 0 radical (unpaired) electrons. The fourth-order valence-corrected chi connectivity index (χ4v) is 3.66. The van der Waals surface area contributed by atoms with Gasteiger partial charge in [0.2, 0.25) is 0 Å². The van der Waals surface area contributed by atoms with Gasteiger partial charge in [0.25, 0.3) is 0 Å². The molecule has 3 heterocycles. The summed E-state index contributed by atoms with van der Waals surface area (Å²) < 4.78 is 13.8. The van der Waals surface area contributed by atoms with Crippen molar-refractivity contribution in [2.45, 2.75) is 25.3 Å². The molecule has 0 amide bonds. The highest BCUT2D eigenvalue weighted by Gasteiger charge is 2.24. The third kappa shape index (κ3) is 2.63. The van der Waals surface area contributed by atoms with Gasteiger partial charge in [0.15, 0.2) is 0 Å². The predicted octanol–water partition coefficient (Wildman–Crippen LogP) is 4.01. The second-order valence-corrected chi connectivity index (χ2v) is 6.39. The maximum absolute atomic E-state index is 13.8. The molecule has 1 unspecified atom stereocenters. The van der Waals surface area contributed by atoms with Crippen molar-refractivity contribution in [2.75, 3.05) is 13.6 Å². The van der Waals surface area contributed by atoms with Crippen LogP contribution in [-0.2, 0) is 6.42 Å². The zero-order valence-electron chi connectivity index (χ0n) is 13.2. The summed E-state index contributed by atoms with van der Waals surface area (Å²) in [4.78, 5) is 10.1. The minimum absolute atomic E-state index is 0.185. The molecule has 0 bridgehead atoms. The van der Waals surface area contributed by atoms with E-state index in [1.165, 1.54) is 24.5 Å². The highest BCUT2D eigenvalue weighted by atomic mass is 19.1. The average molecular weight is 309 g/mol. The lowest BCUT2D eigenvalue weighted by Gasteiger charge is -2.19. The van der Waals surface area contributed by atoms with E-state index in [0.717, 1.165) is 35.1 Å². The summed E-state index contributed by atoms with van der Waals surface area (Å²) in [7, 11) is 2.18. The molecule has 1 saturated heterocycles. The molecule has 0 aliphatic carbocycles. The lowest BCUT2D eigenvalue weighted by molar-refractivity contribution is 0.310. The Hall–Kier alpha value is -2.20. The summed E-state index contributed by atoms with van der Waals surface area (Å²) in [5.41, 5.74) is 4.31. The van der Waals surface area contributed by atoms with Gasteiger partial charge in [-0.15, -0.1) is 0 Å². The minimum Gasteiger partial charge on any atom is -0.354 e. The minimum atomic E-state index is -0.185. The van der Waals surface area contributed by atoms with Crippen molar-refractivity contribution in [3.05, 3.63) is 54.1 Å². The van der Waals surface area contributed by atoms with Gasteiger partial charge < -0.3 is 9.88 Å². The lowest BCUT2D eigenvalue weighted by Crippen LogP contribution is -2.26. The zero-order valence-corrected chi connectivity index (χ0v) is 13.2. The molecule has 1 aliphatic rings. The van der Waals surface area contributed by atoms with Crippen LogP contribution < -0.4 is 0 Å². The standard InChI is InChI=1S/C19H20FN3/c1-23-9-3-5-15(23)11-17-16-10-14(20)6-7-18(16)22-19(17)13-4-2-8-21-12-13/h2,4,6-8,10,12,15,22H,3,5,9,11H2,1H3. The summed E-state index contributed by atoms with van der Waals surface area (Å²) in [5.74, 6) is -0.185. The van der Waals surface area contributed by atoms with E-state index >= 15 is 0 Å². The first-order chi connectivity index (χ1) is 11.2. The number of nitrogens with one attached hydrogen (secondary N) is 1. The number of aromatic amines is 1. The van der Waals surface area contributed by atoms with Crippen LogP contribution in [0.5, 0.6) is 0 Å². The molecule has 1 aliphatic heterocycles. The first kappa shape index (κ1) is 14.4. The Balaban J connectivity index is 1.86. The van der Waals surface area contributed by atoms with Crippen molar-refractivity contribution in [1.29, 1.82) is 0 Å². The number of rotatable bonds is 3. The molecule has 3 aromatic rings. The molecular weight excluding hydrogens is 289 g/mol. The van der Waals surface area contributed by atoms with Crippen LogP contribution in [0.4, 0.5) is 4.39 Å². The second kappa shape index (κ2) is 5.78. The Morgan fingerprint density at radius 2 is 2.26 bits per heavy atom. The number of halogens is 1. The number of benzene rings is 1. The second-order valence-electron chi connectivity index (χ2n) is 6.39. The summed E-state index contributed by atoms with van der Waals surface area (Å²) in [6.45, 7) is 1.14. The van der Waals surface area contributed by atoms with E-state index < -0.39 is 0 Å². The summed E-state index contributed by atoms with van der Waals surface area (Å²) in [6, 6.07) is 9.50. The lowest BCUT2D eigenvalue weighted by atomic mass is 9.98. The monoisotopic (exact) mass is 309 g/mol.